The summed E-state index contributed by atoms with van der Waals surface area (Å²) < 4.78 is 1.74. The van der Waals surface area contributed by atoms with Crippen molar-refractivity contribution < 1.29 is 4.79 Å². The number of benzene rings is 2. The number of ketones is 1. The molecule has 0 aliphatic rings. The first-order chi connectivity index (χ1) is 12.3. The van der Waals surface area contributed by atoms with E-state index in [9.17, 15) is 4.79 Å². The van der Waals surface area contributed by atoms with Crippen molar-refractivity contribution >= 4 is 23.2 Å². The van der Waals surface area contributed by atoms with Crippen LogP contribution in [-0.4, -0.2) is 26.6 Å². The van der Waals surface area contributed by atoms with Gasteiger partial charge in [-0.1, -0.05) is 60.7 Å². The van der Waals surface area contributed by atoms with Crippen LogP contribution in [0.3, 0.4) is 0 Å². The summed E-state index contributed by atoms with van der Waals surface area (Å²) in [5.41, 5.74) is 3.67. The van der Waals surface area contributed by atoms with E-state index < -0.39 is 0 Å². The summed E-state index contributed by atoms with van der Waals surface area (Å²) in [6.45, 7) is 0. The molecule has 0 unspecified atom stereocenters. The first-order valence-corrected chi connectivity index (χ1v) is 9.09. The lowest BCUT2D eigenvalue weighted by Crippen LogP contribution is -2.11. The zero-order valence-corrected chi connectivity index (χ0v) is 14.4. The van der Waals surface area contributed by atoms with E-state index >= 15 is 0 Å². The molecule has 0 bridgehead atoms. The summed E-state index contributed by atoms with van der Waals surface area (Å²) >= 11 is 1.47. The standard InChI is InChI=1S/C20H15N3OS/c1-25-20-17(19(24)15-10-6-3-7-11-15)18(14-8-4-2-5-9-14)23-16(22-20)12-13-21-23/h2-13H,1H3. The number of carbonyl (C=O) groups excluding carboxylic acids is 1. The minimum Gasteiger partial charge on any atom is -0.288 e. The first kappa shape index (κ1) is 15.6. The summed E-state index contributed by atoms with van der Waals surface area (Å²) in [6.07, 6.45) is 3.64. The first-order valence-electron chi connectivity index (χ1n) is 7.86. The number of thioether (sulfide) groups is 1. The molecule has 2 heterocycles. The average molecular weight is 345 g/mol. The molecule has 0 amide bonds. The molecule has 4 nitrogen and oxygen atoms in total. The molecule has 4 aromatic rings. The molecule has 4 rings (SSSR count). The maximum atomic E-state index is 13.3. The zero-order chi connectivity index (χ0) is 17.2. The molecule has 0 aliphatic carbocycles. The molecule has 0 spiro atoms. The normalized spacial score (nSPS) is 10.9. The van der Waals surface area contributed by atoms with Gasteiger partial charge in [0.05, 0.1) is 17.5 Å². The van der Waals surface area contributed by atoms with Crippen LogP contribution in [0, 0.1) is 0 Å². The summed E-state index contributed by atoms with van der Waals surface area (Å²) in [6, 6.07) is 21.0. The molecular weight excluding hydrogens is 330 g/mol. The van der Waals surface area contributed by atoms with E-state index in [1.165, 1.54) is 11.8 Å². The van der Waals surface area contributed by atoms with Crippen LogP contribution in [0.2, 0.25) is 0 Å². The van der Waals surface area contributed by atoms with Gasteiger partial charge in [0.2, 0.25) is 0 Å². The Hall–Kier alpha value is -2.92. The SMILES string of the molecule is CSc1nc2ccnn2c(-c2ccccc2)c1C(=O)c1ccccc1. The fourth-order valence-electron chi connectivity index (χ4n) is 2.87. The third-order valence-corrected chi connectivity index (χ3v) is 4.69. The second-order valence-electron chi connectivity index (χ2n) is 5.51. The van der Waals surface area contributed by atoms with Crippen molar-refractivity contribution in [2.75, 3.05) is 6.26 Å². The fourth-order valence-corrected chi connectivity index (χ4v) is 3.45. The van der Waals surface area contributed by atoms with Crippen molar-refractivity contribution in [3.8, 4) is 11.3 Å². The molecule has 5 heteroatoms. The Morgan fingerprint density at radius 3 is 2.32 bits per heavy atom. The lowest BCUT2D eigenvalue weighted by Gasteiger charge is -2.14. The van der Waals surface area contributed by atoms with Crippen LogP contribution >= 0.6 is 11.8 Å². The van der Waals surface area contributed by atoms with E-state index in [1.807, 2.05) is 73.0 Å². The lowest BCUT2D eigenvalue weighted by atomic mass is 9.99. The minimum atomic E-state index is -0.0475. The van der Waals surface area contributed by atoms with Gasteiger partial charge in [-0.15, -0.1) is 11.8 Å². The largest absolute Gasteiger partial charge is 0.288 e. The van der Waals surface area contributed by atoms with E-state index in [2.05, 4.69) is 10.1 Å². The molecule has 25 heavy (non-hydrogen) atoms. The number of rotatable bonds is 4. The highest BCUT2D eigenvalue weighted by Gasteiger charge is 2.23. The van der Waals surface area contributed by atoms with Crippen LogP contribution in [0.15, 0.2) is 78.0 Å². The summed E-state index contributed by atoms with van der Waals surface area (Å²) in [5.74, 6) is -0.0475. The summed E-state index contributed by atoms with van der Waals surface area (Å²) in [5, 5.41) is 5.11. The lowest BCUT2D eigenvalue weighted by molar-refractivity contribution is 0.103. The van der Waals surface area contributed by atoms with Gasteiger partial charge >= 0.3 is 0 Å². The molecule has 0 saturated carbocycles. The second kappa shape index (κ2) is 6.53. The Morgan fingerprint density at radius 1 is 0.960 bits per heavy atom. The van der Waals surface area contributed by atoms with Crippen LogP contribution < -0.4 is 0 Å². The second-order valence-corrected chi connectivity index (χ2v) is 6.30. The van der Waals surface area contributed by atoms with E-state index in [4.69, 9.17) is 0 Å². The van der Waals surface area contributed by atoms with Gasteiger partial charge in [-0.05, 0) is 6.26 Å². The van der Waals surface area contributed by atoms with Crippen LogP contribution in [-0.2, 0) is 0 Å². The molecule has 0 fully saturated rings. The van der Waals surface area contributed by atoms with Crippen molar-refractivity contribution in [1.82, 2.24) is 14.6 Å². The summed E-state index contributed by atoms with van der Waals surface area (Å²) in [7, 11) is 0. The van der Waals surface area contributed by atoms with E-state index in [0.717, 1.165) is 16.9 Å². The Morgan fingerprint density at radius 2 is 1.64 bits per heavy atom. The molecule has 0 saturated heterocycles. The van der Waals surface area contributed by atoms with E-state index in [-0.39, 0.29) is 5.78 Å². The molecule has 0 N–H and O–H groups in total. The number of hydrogen-bond donors (Lipinski definition) is 0. The maximum Gasteiger partial charge on any atom is 0.197 e. The van der Waals surface area contributed by atoms with E-state index in [1.54, 1.807) is 10.7 Å². The average Bonchev–Trinajstić information content (AvgIpc) is 3.15. The molecule has 0 atom stereocenters. The Bertz CT molecular complexity index is 1040. The van der Waals surface area contributed by atoms with Gasteiger partial charge in [0.15, 0.2) is 11.4 Å². The monoisotopic (exact) mass is 345 g/mol. The number of hydrogen-bond acceptors (Lipinski definition) is 4. The fraction of sp³-hybridized carbons (Fsp3) is 0.0500. The summed E-state index contributed by atoms with van der Waals surface area (Å²) in [4.78, 5) is 17.9. The van der Waals surface area contributed by atoms with Crippen LogP contribution in [0.1, 0.15) is 15.9 Å². The molecule has 0 radical (unpaired) electrons. The zero-order valence-electron chi connectivity index (χ0n) is 13.6. The predicted octanol–water partition coefficient (Wildman–Crippen LogP) is 4.35. The van der Waals surface area contributed by atoms with Crippen LogP contribution in [0.5, 0.6) is 0 Å². The number of fused-ring (bicyclic) bond motifs is 1. The third kappa shape index (κ3) is 2.72. The smallest absolute Gasteiger partial charge is 0.197 e. The maximum absolute atomic E-state index is 13.3. The van der Waals surface area contributed by atoms with Crippen molar-refractivity contribution in [3.05, 3.63) is 84.1 Å². The van der Waals surface area contributed by atoms with Crippen LogP contribution in [0.4, 0.5) is 0 Å². The number of nitrogens with zero attached hydrogens (tertiary/aromatic N) is 3. The minimum absolute atomic E-state index is 0.0475. The molecule has 2 aromatic carbocycles. The van der Waals surface area contributed by atoms with Gasteiger partial charge in [0.1, 0.15) is 5.03 Å². The molecule has 2 aromatic heterocycles. The van der Waals surface area contributed by atoms with Gasteiger partial charge in [0, 0.05) is 17.2 Å². The number of carbonyl (C=O) groups is 1. The third-order valence-electron chi connectivity index (χ3n) is 4.00. The van der Waals surface area contributed by atoms with Crippen molar-refractivity contribution in [2.45, 2.75) is 5.03 Å². The molecular formula is C20H15N3OS. The molecule has 122 valence electrons. The van der Waals surface area contributed by atoms with Gasteiger partial charge in [0.25, 0.3) is 0 Å². The Kier molecular flexibility index (Phi) is 4.07. The van der Waals surface area contributed by atoms with E-state index in [0.29, 0.717) is 16.2 Å². The highest BCUT2D eigenvalue weighted by molar-refractivity contribution is 7.98. The highest BCUT2D eigenvalue weighted by Crippen LogP contribution is 2.32. The van der Waals surface area contributed by atoms with Gasteiger partial charge in [-0.2, -0.15) is 5.10 Å². The Labute approximate surface area is 149 Å². The van der Waals surface area contributed by atoms with Gasteiger partial charge < -0.3 is 0 Å². The van der Waals surface area contributed by atoms with Crippen molar-refractivity contribution in [1.29, 1.82) is 0 Å². The molecule has 0 aliphatic heterocycles. The van der Waals surface area contributed by atoms with Crippen molar-refractivity contribution in [2.24, 2.45) is 0 Å². The van der Waals surface area contributed by atoms with Gasteiger partial charge in [-0.25, -0.2) is 9.50 Å². The predicted molar refractivity (Wildman–Crippen MR) is 100 cm³/mol. The highest BCUT2D eigenvalue weighted by atomic mass is 32.2. The topological polar surface area (TPSA) is 47.3 Å². The van der Waals surface area contributed by atoms with Gasteiger partial charge in [-0.3, -0.25) is 4.79 Å². The quantitative estimate of drug-likeness (QED) is 0.313. The van der Waals surface area contributed by atoms with Crippen molar-refractivity contribution in [3.63, 3.8) is 0 Å². The van der Waals surface area contributed by atoms with Crippen LogP contribution in [0.25, 0.3) is 16.9 Å². The number of aromatic nitrogens is 3. The Balaban J connectivity index is 2.06.